The summed E-state index contributed by atoms with van der Waals surface area (Å²) in [5, 5.41) is 5.98. The molecule has 5 nitrogen and oxygen atoms in total. The van der Waals surface area contributed by atoms with Gasteiger partial charge in [-0.25, -0.2) is 0 Å². The molecule has 0 saturated carbocycles. The van der Waals surface area contributed by atoms with Crippen molar-refractivity contribution in [3.63, 3.8) is 0 Å². The van der Waals surface area contributed by atoms with Crippen LogP contribution in [0.1, 0.15) is 23.7 Å². The molecule has 1 heterocycles. The number of carbonyl (C=O) groups excluding carboxylic acids is 2. The molecule has 1 saturated heterocycles. The van der Waals surface area contributed by atoms with Crippen molar-refractivity contribution in [3.05, 3.63) is 29.8 Å². The van der Waals surface area contributed by atoms with Crippen molar-refractivity contribution in [2.45, 2.75) is 13.3 Å². The smallest absolute Gasteiger partial charge is 0.254 e. The van der Waals surface area contributed by atoms with Gasteiger partial charge in [-0.3, -0.25) is 9.59 Å². The Kier molecular flexibility index (Phi) is 6.48. The van der Waals surface area contributed by atoms with Crippen molar-refractivity contribution in [2.24, 2.45) is 0 Å². The van der Waals surface area contributed by atoms with Crippen LogP contribution >= 0.6 is 12.4 Å². The summed E-state index contributed by atoms with van der Waals surface area (Å²) in [6, 6.07) is 7.10. The second kappa shape index (κ2) is 7.87. The quantitative estimate of drug-likeness (QED) is 0.889. The fourth-order valence-electron chi connectivity index (χ4n) is 2.03. The summed E-state index contributed by atoms with van der Waals surface area (Å²) in [5.41, 5.74) is 1.30. The van der Waals surface area contributed by atoms with E-state index in [9.17, 15) is 9.59 Å². The van der Waals surface area contributed by atoms with Crippen LogP contribution in [0.25, 0.3) is 0 Å². The summed E-state index contributed by atoms with van der Waals surface area (Å²) < 4.78 is 0. The predicted octanol–water partition coefficient (Wildman–Crippen LogP) is 1.50. The predicted molar refractivity (Wildman–Crippen MR) is 81.4 cm³/mol. The second-order valence-electron chi connectivity index (χ2n) is 4.52. The maximum atomic E-state index is 12.3. The van der Waals surface area contributed by atoms with E-state index in [0.29, 0.717) is 17.7 Å². The lowest BCUT2D eigenvalue weighted by molar-refractivity contribution is -0.115. The van der Waals surface area contributed by atoms with E-state index in [1.54, 1.807) is 31.2 Å². The SMILES string of the molecule is CCC(=O)Nc1cccc(C(=O)N2CCNCC2)c1.Cl. The highest BCUT2D eigenvalue weighted by molar-refractivity contribution is 5.97. The Labute approximate surface area is 125 Å². The van der Waals surface area contributed by atoms with E-state index >= 15 is 0 Å². The van der Waals surface area contributed by atoms with Gasteiger partial charge in [0.2, 0.25) is 5.91 Å². The van der Waals surface area contributed by atoms with Crippen molar-refractivity contribution < 1.29 is 9.59 Å². The first-order valence-electron chi connectivity index (χ1n) is 6.60. The maximum Gasteiger partial charge on any atom is 0.254 e. The van der Waals surface area contributed by atoms with Gasteiger partial charge in [0.05, 0.1) is 0 Å². The number of hydrogen-bond acceptors (Lipinski definition) is 3. The summed E-state index contributed by atoms with van der Waals surface area (Å²) in [6.45, 7) is 4.91. The van der Waals surface area contributed by atoms with Gasteiger partial charge in [-0.1, -0.05) is 13.0 Å². The van der Waals surface area contributed by atoms with E-state index in [1.807, 2.05) is 4.90 Å². The van der Waals surface area contributed by atoms with E-state index < -0.39 is 0 Å². The maximum absolute atomic E-state index is 12.3. The van der Waals surface area contributed by atoms with Crippen LogP contribution in [-0.2, 0) is 4.79 Å². The summed E-state index contributed by atoms with van der Waals surface area (Å²) in [7, 11) is 0. The Morgan fingerprint density at radius 1 is 1.30 bits per heavy atom. The molecule has 0 bridgehead atoms. The molecule has 1 aliphatic heterocycles. The highest BCUT2D eigenvalue weighted by Gasteiger charge is 2.18. The van der Waals surface area contributed by atoms with Gasteiger partial charge >= 0.3 is 0 Å². The van der Waals surface area contributed by atoms with Crippen LogP contribution in [0.2, 0.25) is 0 Å². The van der Waals surface area contributed by atoms with Gasteiger partial charge < -0.3 is 15.5 Å². The molecule has 1 aromatic carbocycles. The fourth-order valence-corrected chi connectivity index (χ4v) is 2.03. The van der Waals surface area contributed by atoms with Gasteiger partial charge in [0, 0.05) is 43.9 Å². The number of rotatable bonds is 3. The number of anilines is 1. The molecule has 0 radical (unpaired) electrons. The zero-order valence-corrected chi connectivity index (χ0v) is 12.3. The molecule has 6 heteroatoms. The molecule has 110 valence electrons. The molecule has 1 aliphatic rings. The van der Waals surface area contributed by atoms with Crippen LogP contribution in [0.15, 0.2) is 24.3 Å². The summed E-state index contributed by atoms with van der Waals surface area (Å²) in [6.07, 6.45) is 0.427. The number of piperazine rings is 1. The van der Waals surface area contributed by atoms with Gasteiger partial charge in [-0.05, 0) is 18.2 Å². The molecule has 20 heavy (non-hydrogen) atoms. The topological polar surface area (TPSA) is 61.4 Å². The van der Waals surface area contributed by atoms with Crippen molar-refractivity contribution in [2.75, 3.05) is 31.5 Å². The van der Waals surface area contributed by atoms with E-state index in [-0.39, 0.29) is 24.2 Å². The van der Waals surface area contributed by atoms with Crippen LogP contribution in [-0.4, -0.2) is 42.9 Å². The largest absolute Gasteiger partial charge is 0.336 e. The van der Waals surface area contributed by atoms with E-state index in [2.05, 4.69) is 10.6 Å². The third kappa shape index (κ3) is 4.21. The molecule has 0 unspecified atom stereocenters. The number of amides is 2. The third-order valence-electron chi connectivity index (χ3n) is 3.12. The van der Waals surface area contributed by atoms with Crippen LogP contribution < -0.4 is 10.6 Å². The van der Waals surface area contributed by atoms with E-state index in [1.165, 1.54) is 0 Å². The molecule has 0 aromatic heterocycles. The Hall–Kier alpha value is -1.59. The van der Waals surface area contributed by atoms with Crippen LogP contribution in [0.4, 0.5) is 5.69 Å². The molecular formula is C14H20ClN3O2. The first-order valence-corrected chi connectivity index (χ1v) is 6.60. The van der Waals surface area contributed by atoms with Gasteiger partial charge in [-0.2, -0.15) is 0 Å². The van der Waals surface area contributed by atoms with Crippen molar-refractivity contribution in [3.8, 4) is 0 Å². The van der Waals surface area contributed by atoms with E-state index in [0.717, 1.165) is 26.2 Å². The monoisotopic (exact) mass is 297 g/mol. The molecule has 2 amide bonds. The standard InChI is InChI=1S/C14H19N3O2.ClH/c1-2-13(18)16-12-5-3-4-11(10-12)14(19)17-8-6-15-7-9-17;/h3-5,10,15H,2,6-9H2,1H3,(H,16,18);1H. The highest BCUT2D eigenvalue weighted by Crippen LogP contribution is 2.13. The minimum atomic E-state index is -0.0493. The lowest BCUT2D eigenvalue weighted by Crippen LogP contribution is -2.46. The number of hydrogen-bond donors (Lipinski definition) is 2. The normalized spacial score (nSPS) is 14.3. The van der Waals surface area contributed by atoms with Gasteiger partial charge in [0.15, 0.2) is 0 Å². The first-order chi connectivity index (χ1) is 9.20. The summed E-state index contributed by atoms with van der Waals surface area (Å²) in [5.74, 6) is -0.0270. The molecule has 1 fully saturated rings. The number of benzene rings is 1. The van der Waals surface area contributed by atoms with Crippen molar-refractivity contribution >= 4 is 29.9 Å². The minimum Gasteiger partial charge on any atom is -0.336 e. The molecule has 2 N–H and O–H groups in total. The zero-order chi connectivity index (χ0) is 13.7. The van der Waals surface area contributed by atoms with Gasteiger partial charge in [0.1, 0.15) is 0 Å². The average molecular weight is 298 g/mol. The number of carbonyl (C=O) groups is 2. The van der Waals surface area contributed by atoms with E-state index in [4.69, 9.17) is 0 Å². The van der Waals surface area contributed by atoms with Crippen LogP contribution in [0.5, 0.6) is 0 Å². The molecule has 1 aromatic rings. The molecular weight excluding hydrogens is 278 g/mol. The van der Waals surface area contributed by atoms with Crippen molar-refractivity contribution in [1.29, 1.82) is 0 Å². The first kappa shape index (κ1) is 16.5. The molecule has 0 aliphatic carbocycles. The van der Waals surface area contributed by atoms with Crippen molar-refractivity contribution in [1.82, 2.24) is 10.2 Å². The Balaban J connectivity index is 0.00000200. The Morgan fingerprint density at radius 2 is 2.00 bits per heavy atom. The Morgan fingerprint density at radius 3 is 2.65 bits per heavy atom. The number of nitrogens with one attached hydrogen (secondary N) is 2. The second-order valence-corrected chi connectivity index (χ2v) is 4.52. The van der Waals surface area contributed by atoms with Gasteiger partial charge in [-0.15, -0.1) is 12.4 Å². The highest BCUT2D eigenvalue weighted by atomic mass is 35.5. The fraction of sp³-hybridized carbons (Fsp3) is 0.429. The minimum absolute atomic E-state index is 0. The zero-order valence-electron chi connectivity index (χ0n) is 11.5. The lowest BCUT2D eigenvalue weighted by Gasteiger charge is -2.27. The molecule has 2 rings (SSSR count). The molecule has 0 atom stereocenters. The van der Waals surface area contributed by atoms with Gasteiger partial charge in [0.25, 0.3) is 5.91 Å². The number of halogens is 1. The third-order valence-corrected chi connectivity index (χ3v) is 3.12. The Bertz CT molecular complexity index is 473. The summed E-state index contributed by atoms with van der Waals surface area (Å²) >= 11 is 0. The number of nitrogens with zero attached hydrogens (tertiary/aromatic N) is 1. The van der Waals surface area contributed by atoms with Crippen LogP contribution in [0.3, 0.4) is 0 Å². The summed E-state index contributed by atoms with van der Waals surface area (Å²) in [4.78, 5) is 25.5. The average Bonchev–Trinajstić information content (AvgIpc) is 2.47. The molecule has 0 spiro atoms. The van der Waals surface area contributed by atoms with Crippen LogP contribution in [0, 0.1) is 0 Å². The lowest BCUT2D eigenvalue weighted by atomic mass is 10.1.